The molecule has 3 aliphatic rings. The van der Waals surface area contributed by atoms with Crippen LogP contribution in [0.5, 0.6) is 6.01 Å². The van der Waals surface area contributed by atoms with Crippen molar-refractivity contribution in [1.82, 2.24) is 19.8 Å². The van der Waals surface area contributed by atoms with Crippen LogP contribution < -0.4 is 14.5 Å². The van der Waals surface area contributed by atoms with Crippen LogP contribution in [0.25, 0.3) is 10.8 Å². The molecule has 1 amide bonds. The number of anilines is 2. The maximum atomic E-state index is 13.6. The summed E-state index contributed by atoms with van der Waals surface area (Å²) >= 11 is 6.73. The lowest BCUT2D eigenvalue weighted by Gasteiger charge is -2.42. The Morgan fingerprint density at radius 2 is 1.85 bits per heavy atom. The van der Waals surface area contributed by atoms with E-state index in [0.29, 0.717) is 51.3 Å². The maximum absolute atomic E-state index is 13.6. The number of fused-ring (bicyclic) bond motifs is 2. The third-order valence-electron chi connectivity index (χ3n) is 9.57. The summed E-state index contributed by atoms with van der Waals surface area (Å²) in [5, 5.41) is 22.4. The van der Waals surface area contributed by atoms with Crippen molar-refractivity contribution in [3.05, 3.63) is 64.3 Å². The summed E-state index contributed by atoms with van der Waals surface area (Å²) in [6, 6.07) is 16.9. The van der Waals surface area contributed by atoms with Crippen LogP contribution in [0.15, 0.2) is 48.0 Å². The number of rotatable bonds is 7. The van der Waals surface area contributed by atoms with Crippen molar-refractivity contribution in [3.63, 3.8) is 0 Å². The molecule has 0 unspecified atom stereocenters. The molecule has 250 valence electrons. The van der Waals surface area contributed by atoms with Gasteiger partial charge >= 0.3 is 6.01 Å². The van der Waals surface area contributed by atoms with Crippen molar-refractivity contribution >= 4 is 39.8 Å². The first-order chi connectivity index (χ1) is 23.1. The summed E-state index contributed by atoms with van der Waals surface area (Å²) in [6.07, 6.45) is 4.80. The van der Waals surface area contributed by atoms with Crippen molar-refractivity contribution in [2.45, 2.75) is 65.1 Å². The van der Waals surface area contributed by atoms with Crippen molar-refractivity contribution in [2.75, 3.05) is 56.2 Å². The molecule has 1 aromatic heterocycles. The first-order valence-corrected chi connectivity index (χ1v) is 17.1. The highest BCUT2D eigenvalue weighted by molar-refractivity contribution is 6.36. The van der Waals surface area contributed by atoms with Crippen LogP contribution in [0.4, 0.5) is 11.5 Å². The summed E-state index contributed by atoms with van der Waals surface area (Å²) < 4.78 is 6.32. The van der Waals surface area contributed by atoms with Crippen LogP contribution in [0, 0.1) is 28.1 Å². The Morgan fingerprint density at radius 1 is 1.06 bits per heavy atom. The van der Waals surface area contributed by atoms with Gasteiger partial charge in [0.25, 0.3) is 5.91 Å². The fourth-order valence-electron chi connectivity index (χ4n) is 7.15. The topological polar surface area (TPSA) is 113 Å². The third kappa shape index (κ3) is 7.06. The molecule has 2 saturated heterocycles. The number of carbonyl (C=O) groups excluding carboxylic acids is 1. The number of nitrogens with zero attached hydrogens (tertiary/aromatic N) is 8. The molecule has 11 heteroatoms. The number of allylic oxidation sites excluding steroid dienone is 1. The van der Waals surface area contributed by atoms with Gasteiger partial charge in [0.15, 0.2) is 0 Å². The lowest BCUT2D eigenvalue weighted by molar-refractivity contribution is -0.129. The minimum atomic E-state index is -0.395. The predicted molar refractivity (Wildman–Crippen MR) is 188 cm³/mol. The Labute approximate surface area is 288 Å². The van der Waals surface area contributed by atoms with Gasteiger partial charge in [-0.05, 0) is 55.8 Å². The monoisotopic (exact) mass is 666 g/mol. The van der Waals surface area contributed by atoms with Crippen LogP contribution in [0.2, 0.25) is 5.02 Å². The van der Waals surface area contributed by atoms with Crippen LogP contribution in [0.3, 0.4) is 0 Å². The highest BCUT2D eigenvalue weighted by Gasteiger charge is 2.35. The van der Waals surface area contributed by atoms with Gasteiger partial charge in [0.2, 0.25) is 0 Å². The molecular formula is C37H43ClN8O2. The molecule has 0 spiro atoms. The summed E-state index contributed by atoms with van der Waals surface area (Å²) in [5.74, 6) is 0.470. The average Bonchev–Trinajstić information content (AvgIpc) is 3.49. The molecule has 10 nitrogen and oxygen atoms in total. The molecule has 3 aliphatic heterocycles. The summed E-state index contributed by atoms with van der Waals surface area (Å²) in [6.45, 7) is 10.1. The molecule has 0 aliphatic carbocycles. The van der Waals surface area contributed by atoms with Gasteiger partial charge in [0.1, 0.15) is 24.1 Å². The highest BCUT2D eigenvalue weighted by Crippen LogP contribution is 2.37. The minimum absolute atomic E-state index is 0.111. The zero-order valence-electron chi connectivity index (χ0n) is 28.2. The number of ether oxygens (including phenoxy) is 1. The van der Waals surface area contributed by atoms with Crippen molar-refractivity contribution in [1.29, 1.82) is 10.5 Å². The number of likely N-dealkylation sites (N-methyl/N-ethyl adjacent to an activating group) is 1. The third-order valence-corrected chi connectivity index (χ3v) is 9.88. The van der Waals surface area contributed by atoms with Gasteiger partial charge < -0.3 is 24.3 Å². The van der Waals surface area contributed by atoms with Crippen molar-refractivity contribution in [3.8, 4) is 18.1 Å². The van der Waals surface area contributed by atoms with Gasteiger partial charge in [0.05, 0.1) is 35.8 Å². The number of carbonyl (C=O) groups is 1. The van der Waals surface area contributed by atoms with Gasteiger partial charge in [-0.2, -0.15) is 20.5 Å². The van der Waals surface area contributed by atoms with Crippen LogP contribution >= 0.6 is 11.6 Å². The second-order valence-corrected chi connectivity index (χ2v) is 14.5. The Balaban J connectivity index is 1.32. The fourth-order valence-corrected chi connectivity index (χ4v) is 7.42. The lowest BCUT2D eigenvalue weighted by Crippen LogP contribution is -2.56. The van der Waals surface area contributed by atoms with E-state index in [1.807, 2.05) is 32.9 Å². The van der Waals surface area contributed by atoms with E-state index >= 15 is 0 Å². The maximum Gasteiger partial charge on any atom is 0.318 e. The quantitative estimate of drug-likeness (QED) is 0.230. The van der Waals surface area contributed by atoms with Gasteiger partial charge in [-0.25, -0.2) is 0 Å². The smallest absolute Gasteiger partial charge is 0.318 e. The molecule has 0 radical (unpaired) electrons. The van der Waals surface area contributed by atoms with E-state index in [4.69, 9.17) is 26.3 Å². The number of benzene rings is 2. The van der Waals surface area contributed by atoms with E-state index < -0.39 is 6.04 Å². The van der Waals surface area contributed by atoms with Gasteiger partial charge in [0, 0.05) is 48.9 Å². The van der Waals surface area contributed by atoms with E-state index in [9.17, 15) is 15.3 Å². The standard InChI is InChI=1S/C37H43ClN8O2/c1-37(2,3)20-26(21-40)35(47)46-19-18-45(22-27(46)13-15-39)34-29-14-17-44(32-12-6-9-25-8-5-11-30(38)33(25)32)23-31(29)41-36(42-34)48-24-28-10-7-16-43(28)4/h5-6,8-9,11-12,20,27-28H,7,10,13-14,16-19,22-24H2,1-4H3/b26-20+/t27-,28-/m0/s1. The number of aromatic nitrogens is 2. The normalized spacial score (nSPS) is 20.4. The first-order valence-electron chi connectivity index (χ1n) is 16.8. The molecule has 0 N–H and O–H groups in total. The summed E-state index contributed by atoms with van der Waals surface area (Å²) in [5.41, 5.74) is 2.81. The number of amides is 1. The minimum Gasteiger partial charge on any atom is -0.462 e. The zero-order chi connectivity index (χ0) is 34.0. The van der Waals surface area contributed by atoms with Crippen LogP contribution in [-0.4, -0.2) is 84.1 Å². The van der Waals surface area contributed by atoms with E-state index in [1.165, 1.54) is 0 Å². The number of halogens is 1. The van der Waals surface area contributed by atoms with Gasteiger partial charge in [-0.3, -0.25) is 4.79 Å². The predicted octanol–water partition coefficient (Wildman–Crippen LogP) is 5.75. The summed E-state index contributed by atoms with van der Waals surface area (Å²) in [7, 11) is 2.12. The first kappa shape index (κ1) is 33.5. The second-order valence-electron chi connectivity index (χ2n) is 14.1. The summed E-state index contributed by atoms with van der Waals surface area (Å²) in [4.78, 5) is 32.1. The zero-order valence-corrected chi connectivity index (χ0v) is 29.0. The van der Waals surface area contributed by atoms with Crippen molar-refractivity contribution < 1.29 is 9.53 Å². The molecule has 48 heavy (non-hydrogen) atoms. The van der Waals surface area contributed by atoms with E-state index in [-0.39, 0.29) is 23.3 Å². The molecule has 2 fully saturated rings. The Kier molecular flexibility index (Phi) is 9.78. The molecule has 0 bridgehead atoms. The number of hydrogen-bond acceptors (Lipinski definition) is 9. The highest BCUT2D eigenvalue weighted by atomic mass is 35.5. The van der Waals surface area contributed by atoms with E-state index in [0.717, 1.165) is 64.5 Å². The number of piperazine rings is 1. The fraction of sp³-hybridized carbons (Fsp3) is 0.486. The number of hydrogen-bond donors (Lipinski definition) is 0. The van der Waals surface area contributed by atoms with Crippen LogP contribution in [-0.2, 0) is 17.8 Å². The molecule has 2 atom stereocenters. The van der Waals surface area contributed by atoms with Gasteiger partial charge in [-0.1, -0.05) is 62.7 Å². The second kappa shape index (κ2) is 14.0. The number of nitriles is 2. The average molecular weight is 667 g/mol. The molecular weight excluding hydrogens is 624 g/mol. The Morgan fingerprint density at radius 3 is 2.56 bits per heavy atom. The Hall–Kier alpha value is -4.38. The van der Waals surface area contributed by atoms with Crippen LogP contribution in [0.1, 0.15) is 51.3 Å². The SMILES string of the molecule is CN1CCC[C@H]1COc1nc2c(c(N3CCN(C(=O)/C(C#N)=C/C(C)(C)C)[C@@H](CC#N)C3)n1)CCN(c1cccc3cccc(Cl)c13)C2. The number of likely N-dealkylation sites (tertiary alicyclic amines) is 1. The Bertz CT molecular complexity index is 1800. The molecule has 6 rings (SSSR count). The molecule has 0 saturated carbocycles. The lowest BCUT2D eigenvalue weighted by atomic mass is 9.93. The van der Waals surface area contributed by atoms with Crippen molar-refractivity contribution in [2.24, 2.45) is 5.41 Å². The van der Waals surface area contributed by atoms with E-state index in [2.05, 4.69) is 58.2 Å². The molecule has 3 aromatic rings. The van der Waals surface area contributed by atoms with Gasteiger partial charge in [-0.15, -0.1) is 0 Å². The van der Waals surface area contributed by atoms with E-state index in [1.54, 1.807) is 11.0 Å². The largest absolute Gasteiger partial charge is 0.462 e. The molecule has 2 aromatic carbocycles. The molecule has 4 heterocycles.